The summed E-state index contributed by atoms with van der Waals surface area (Å²) in [7, 11) is 3.59. The molecular weight excluding hydrogens is 224 g/mol. The van der Waals surface area contributed by atoms with Crippen LogP contribution in [0.1, 0.15) is 5.56 Å². The van der Waals surface area contributed by atoms with Gasteiger partial charge < -0.3 is 15.4 Å². The highest BCUT2D eigenvalue weighted by atomic mass is 16.5. The molecule has 0 amide bonds. The zero-order chi connectivity index (χ0) is 13.0. The average Bonchev–Trinajstić information content (AvgIpc) is 2.42. The van der Waals surface area contributed by atoms with E-state index in [4.69, 9.17) is 4.74 Å². The molecule has 0 aliphatic carbocycles. The molecule has 2 rings (SSSR count). The molecule has 0 atom stereocenters. The van der Waals surface area contributed by atoms with E-state index < -0.39 is 0 Å². The molecule has 0 fully saturated rings. The molecule has 0 unspecified atom stereocenters. The molecule has 3 heteroatoms. The van der Waals surface area contributed by atoms with Crippen LogP contribution in [0.2, 0.25) is 0 Å². The lowest BCUT2D eigenvalue weighted by Gasteiger charge is -2.14. The maximum atomic E-state index is 5.25. The van der Waals surface area contributed by atoms with Crippen molar-refractivity contribution in [3.8, 4) is 5.75 Å². The number of para-hydroxylation sites is 2. The zero-order valence-corrected chi connectivity index (χ0v) is 10.9. The Bertz CT molecular complexity index is 538. The maximum absolute atomic E-state index is 5.25. The Morgan fingerprint density at radius 2 is 1.67 bits per heavy atom. The fourth-order valence-corrected chi connectivity index (χ4v) is 1.82. The minimum atomic E-state index is 0.852. The number of ether oxygens (including phenoxy) is 1. The smallest absolute Gasteiger partial charge is 0.120 e. The second-order valence-corrected chi connectivity index (χ2v) is 4.10. The van der Waals surface area contributed by atoms with Gasteiger partial charge in [0.25, 0.3) is 0 Å². The van der Waals surface area contributed by atoms with Gasteiger partial charge in [-0.1, -0.05) is 18.2 Å². The topological polar surface area (TPSA) is 33.3 Å². The summed E-state index contributed by atoms with van der Waals surface area (Å²) >= 11 is 0. The van der Waals surface area contributed by atoms with E-state index in [1.165, 1.54) is 5.56 Å². The van der Waals surface area contributed by atoms with Crippen LogP contribution in [0.15, 0.2) is 42.5 Å². The Morgan fingerprint density at radius 3 is 2.33 bits per heavy atom. The molecule has 2 N–H and O–H groups in total. The first-order valence-electron chi connectivity index (χ1n) is 5.93. The fraction of sp³-hybridized carbons (Fsp3) is 0.200. The number of anilines is 3. The maximum Gasteiger partial charge on any atom is 0.120 e. The van der Waals surface area contributed by atoms with Crippen molar-refractivity contribution in [3.05, 3.63) is 48.0 Å². The van der Waals surface area contributed by atoms with Gasteiger partial charge in [0.05, 0.1) is 18.5 Å². The highest BCUT2D eigenvalue weighted by Gasteiger charge is 2.04. The van der Waals surface area contributed by atoms with E-state index in [-0.39, 0.29) is 0 Å². The third-order valence-electron chi connectivity index (χ3n) is 2.91. The van der Waals surface area contributed by atoms with Crippen LogP contribution >= 0.6 is 0 Å². The first-order valence-corrected chi connectivity index (χ1v) is 5.93. The predicted octanol–water partition coefficient (Wildman–Crippen LogP) is 3.79. The molecule has 0 bridgehead atoms. The van der Waals surface area contributed by atoms with Crippen LogP contribution in [0, 0.1) is 6.92 Å². The molecule has 0 aliphatic heterocycles. The number of methoxy groups -OCH3 is 1. The molecule has 0 spiro atoms. The van der Waals surface area contributed by atoms with Crippen molar-refractivity contribution in [3.63, 3.8) is 0 Å². The van der Waals surface area contributed by atoms with Gasteiger partial charge in [-0.15, -0.1) is 0 Å². The van der Waals surface area contributed by atoms with E-state index in [9.17, 15) is 0 Å². The highest BCUT2D eigenvalue weighted by Crippen LogP contribution is 2.29. The van der Waals surface area contributed by atoms with Crippen molar-refractivity contribution >= 4 is 17.1 Å². The van der Waals surface area contributed by atoms with Crippen LogP contribution in [0.25, 0.3) is 0 Å². The van der Waals surface area contributed by atoms with Crippen LogP contribution < -0.4 is 15.4 Å². The summed E-state index contributed by atoms with van der Waals surface area (Å²) in [5.41, 5.74) is 4.36. The fourth-order valence-electron chi connectivity index (χ4n) is 1.82. The summed E-state index contributed by atoms with van der Waals surface area (Å²) in [4.78, 5) is 0. The first kappa shape index (κ1) is 12.3. The molecule has 18 heavy (non-hydrogen) atoms. The molecule has 0 heterocycles. The van der Waals surface area contributed by atoms with Gasteiger partial charge in [-0.25, -0.2) is 0 Å². The van der Waals surface area contributed by atoms with Gasteiger partial charge in [-0.05, 0) is 30.7 Å². The van der Waals surface area contributed by atoms with E-state index in [2.05, 4.69) is 17.6 Å². The molecule has 0 radical (unpaired) electrons. The van der Waals surface area contributed by atoms with E-state index in [0.717, 1.165) is 22.8 Å². The van der Waals surface area contributed by atoms with E-state index >= 15 is 0 Å². The summed E-state index contributed by atoms with van der Waals surface area (Å²) in [6.07, 6.45) is 0. The Kier molecular flexibility index (Phi) is 3.72. The molecular formula is C15H18N2O. The lowest BCUT2D eigenvalue weighted by Crippen LogP contribution is -1.98. The van der Waals surface area contributed by atoms with Gasteiger partial charge in [0.15, 0.2) is 0 Å². The molecule has 0 aromatic heterocycles. The van der Waals surface area contributed by atoms with Crippen molar-refractivity contribution in [1.82, 2.24) is 0 Å². The largest absolute Gasteiger partial charge is 0.497 e. The van der Waals surface area contributed by atoms with Gasteiger partial charge in [0.2, 0.25) is 0 Å². The number of rotatable bonds is 4. The quantitative estimate of drug-likeness (QED) is 0.855. The van der Waals surface area contributed by atoms with E-state index in [0.29, 0.717) is 0 Å². The Balaban J connectivity index is 2.33. The SMILES string of the molecule is CNc1ccccc1Nc1cc(OC)ccc1C. The monoisotopic (exact) mass is 242 g/mol. The molecule has 2 aromatic rings. The van der Waals surface area contributed by atoms with Gasteiger partial charge in [-0.3, -0.25) is 0 Å². The van der Waals surface area contributed by atoms with Crippen molar-refractivity contribution in [2.45, 2.75) is 6.92 Å². The predicted molar refractivity (Wildman–Crippen MR) is 77.0 cm³/mol. The number of hydrogen-bond donors (Lipinski definition) is 2. The summed E-state index contributed by atoms with van der Waals surface area (Å²) in [5, 5.41) is 6.59. The van der Waals surface area contributed by atoms with Gasteiger partial charge in [0.1, 0.15) is 5.75 Å². The summed E-state index contributed by atoms with van der Waals surface area (Å²) in [6.45, 7) is 2.07. The second kappa shape index (κ2) is 5.45. The molecule has 0 aliphatic rings. The molecule has 0 saturated heterocycles. The van der Waals surface area contributed by atoms with Gasteiger partial charge in [0, 0.05) is 18.8 Å². The van der Waals surface area contributed by atoms with Crippen molar-refractivity contribution < 1.29 is 4.74 Å². The molecule has 3 nitrogen and oxygen atoms in total. The van der Waals surface area contributed by atoms with Gasteiger partial charge >= 0.3 is 0 Å². The third kappa shape index (κ3) is 2.56. The Labute approximate surface area is 108 Å². The Hall–Kier alpha value is -2.16. The van der Waals surface area contributed by atoms with Crippen molar-refractivity contribution in [2.24, 2.45) is 0 Å². The average molecular weight is 242 g/mol. The summed E-state index contributed by atoms with van der Waals surface area (Å²) < 4.78 is 5.25. The van der Waals surface area contributed by atoms with Crippen molar-refractivity contribution in [2.75, 3.05) is 24.8 Å². The molecule has 94 valence electrons. The summed E-state index contributed by atoms with van der Waals surface area (Å²) in [5.74, 6) is 0.852. The third-order valence-corrected chi connectivity index (χ3v) is 2.91. The number of benzene rings is 2. The summed E-state index contributed by atoms with van der Waals surface area (Å²) in [6, 6.07) is 14.1. The van der Waals surface area contributed by atoms with E-state index in [1.54, 1.807) is 7.11 Å². The number of nitrogens with one attached hydrogen (secondary N) is 2. The highest BCUT2D eigenvalue weighted by molar-refractivity contribution is 5.75. The van der Waals surface area contributed by atoms with Crippen LogP contribution in [-0.4, -0.2) is 14.2 Å². The lowest BCUT2D eigenvalue weighted by atomic mass is 10.1. The molecule has 2 aromatic carbocycles. The Morgan fingerprint density at radius 1 is 0.944 bits per heavy atom. The van der Waals surface area contributed by atoms with Crippen LogP contribution in [0.5, 0.6) is 5.75 Å². The number of hydrogen-bond acceptors (Lipinski definition) is 3. The minimum Gasteiger partial charge on any atom is -0.497 e. The van der Waals surface area contributed by atoms with Crippen LogP contribution in [0.3, 0.4) is 0 Å². The first-order chi connectivity index (χ1) is 8.74. The number of aryl methyl sites for hydroxylation is 1. The minimum absolute atomic E-state index is 0.852. The standard InChI is InChI=1S/C15H18N2O/c1-11-8-9-12(18-3)10-15(11)17-14-7-5-4-6-13(14)16-2/h4-10,16-17H,1-3H3. The normalized spacial score (nSPS) is 9.94. The van der Waals surface area contributed by atoms with Crippen LogP contribution in [0.4, 0.5) is 17.1 Å². The molecule has 0 saturated carbocycles. The van der Waals surface area contributed by atoms with Crippen molar-refractivity contribution in [1.29, 1.82) is 0 Å². The second-order valence-electron chi connectivity index (χ2n) is 4.10. The lowest BCUT2D eigenvalue weighted by molar-refractivity contribution is 0.415. The van der Waals surface area contributed by atoms with Crippen LogP contribution in [-0.2, 0) is 0 Å². The van der Waals surface area contributed by atoms with E-state index in [1.807, 2.05) is 49.5 Å². The van der Waals surface area contributed by atoms with Gasteiger partial charge in [-0.2, -0.15) is 0 Å². The zero-order valence-electron chi connectivity index (χ0n) is 10.9.